The van der Waals surface area contributed by atoms with Gasteiger partial charge in [-0.25, -0.2) is 9.78 Å². The molecule has 2 aromatic heterocycles. The van der Waals surface area contributed by atoms with Crippen LogP contribution in [-0.4, -0.2) is 22.0 Å². The van der Waals surface area contributed by atoms with Crippen LogP contribution in [0.15, 0.2) is 18.3 Å². The van der Waals surface area contributed by atoms with Crippen LogP contribution in [0.5, 0.6) is 0 Å². The van der Waals surface area contributed by atoms with Crippen LogP contribution in [0.3, 0.4) is 0 Å². The minimum atomic E-state index is -4.44. The summed E-state index contributed by atoms with van der Waals surface area (Å²) in [6, 6.07) is 2.14. The molecule has 4 nitrogen and oxygen atoms in total. The fraction of sp³-hybridized carbons (Fsp3) is 0.273. The molecule has 0 saturated carbocycles. The molecule has 2 aromatic rings. The van der Waals surface area contributed by atoms with Crippen LogP contribution < -0.4 is 0 Å². The molecule has 0 amide bonds. The van der Waals surface area contributed by atoms with Crippen molar-refractivity contribution < 1.29 is 22.7 Å². The number of aromatic nitrogens is 2. The van der Waals surface area contributed by atoms with Gasteiger partial charge in [-0.05, 0) is 41.6 Å². The zero-order chi connectivity index (χ0) is 14.2. The maximum atomic E-state index is 12.6. The Bertz CT molecular complexity index is 637. The third-order valence-electron chi connectivity index (χ3n) is 2.36. The number of fused-ring (bicyclic) bond motifs is 1. The van der Waals surface area contributed by atoms with E-state index in [0.717, 1.165) is 12.3 Å². The zero-order valence-corrected chi connectivity index (χ0v) is 11.8. The zero-order valence-electron chi connectivity index (χ0n) is 9.66. The van der Waals surface area contributed by atoms with Gasteiger partial charge in [0.15, 0.2) is 5.69 Å². The second-order valence-corrected chi connectivity index (χ2v) is 4.64. The summed E-state index contributed by atoms with van der Waals surface area (Å²) in [4.78, 5) is 15.6. The van der Waals surface area contributed by atoms with Crippen LogP contribution in [0.4, 0.5) is 13.2 Å². The third kappa shape index (κ3) is 2.67. The van der Waals surface area contributed by atoms with Crippen molar-refractivity contribution in [3.05, 3.63) is 33.3 Å². The minimum absolute atomic E-state index is 0.0155. The number of halogens is 4. The molecule has 0 aliphatic carbocycles. The molecule has 0 spiro atoms. The second kappa shape index (κ2) is 4.99. The van der Waals surface area contributed by atoms with E-state index in [1.165, 1.54) is 10.5 Å². The van der Waals surface area contributed by atoms with E-state index in [1.807, 2.05) is 0 Å². The van der Waals surface area contributed by atoms with Gasteiger partial charge in [0.25, 0.3) is 0 Å². The molecular formula is C11H8F3IN2O2. The average molecular weight is 384 g/mol. The number of pyridine rings is 1. The summed E-state index contributed by atoms with van der Waals surface area (Å²) in [6.45, 7) is 1.82. The summed E-state index contributed by atoms with van der Waals surface area (Å²) < 4.78 is 44.1. The molecule has 0 saturated heterocycles. The number of rotatable bonds is 2. The van der Waals surface area contributed by atoms with Crippen molar-refractivity contribution in [2.45, 2.75) is 13.1 Å². The van der Waals surface area contributed by atoms with Gasteiger partial charge in [-0.15, -0.1) is 0 Å². The van der Waals surface area contributed by atoms with Crippen molar-refractivity contribution in [1.82, 2.24) is 9.38 Å². The predicted molar refractivity (Wildman–Crippen MR) is 68.9 cm³/mol. The van der Waals surface area contributed by atoms with Gasteiger partial charge in [-0.3, -0.25) is 4.40 Å². The van der Waals surface area contributed by atoms with Gasteiger partial charge in [0.2, 0.25) is 0 Å². The first-order valence-electron chi connectivity index (χ1n) is 5.26. The first kappa shape index (κ1) is 14.1. The van der Waals surface area contributed by atoms with Crippen molar-refractivity contribution >= 4 is 34.2 Å². The fourth-order valence-electron chi connectivity index (χ4n) is 1.51. The smallest absolute Gasteiger partial charge is 0.417 e. The molecule has 0 fully saturated rings. The van der Waals surface area contributed by atoms with Crippen molar-refractivity contribution in [3.63, 3.8) is 0 Å². The second-order valence-electron chi connectivity index (χ2n) is 3.62. The van der Waals surface area contributed by atoms with Crippen LogP contribution in [0.2, 0.25) is 0 Å². The molecule has 0 aliphatic heterocycles. The van der Waals surface area contributed by atoms with Crippen LogP contribution in [0, 0.1) is 3.70 Å². The Kier molecular flexibility index (Phi) is 3.70. The molecule has 0 bridgehead atoms. The van der Waals surface area contributed by atoms with E-state index in [4.69, 9.17) is 4.74 Å². The maximum absolute atomic E-state index is 12.6. The van der Waals surface area contributed by atoms with Crippen molar-refractivity contribution in [2.24, 2.45) is 0 Å². The van der Waals surface area contributed by atoms with Gasteiger partial charge in [0.05, 0.1) is 12.2 Å². The number of ether oxygens (including phenoxy) is 1. The molecule has 8 heteroatoms. The van der Waals surface area contributed by atoms with Crippen LogP contribution in [-0.2, 0) is 10.9 Å². The fourth-order valence-corrected chi connectivity index (χ4v) is 2.24. The quantitative estimate of drug-likeness (QED) is 0.591. The van der Waals surface area contributed by atoms with Crippen LogP contribution >= 0.6 is 22.6 Å². The van der Waals surface area contributed by atoms with E-state index < -0.39 is 17.7 Å². The first-order valence-corrected chi connectivity index (χ1v) is 6.34. The van der Waals surface area contributed by atoms with Gasteiger partial charge >= 0.3 is 12.1 Å². The number of hydrogen-bond donors (Lipinski definition) is 0. The van der Waals surface area contributed by atoms with Gasteiger partial charge in [-0.2, -0.15) is 13.2 Å². The lowest BCUT2D eigenvalue weighted by Gasteiger charge is -2.06. The Morgan fingerprint density at radius 3 is 2.74 bits per heavy atom. The van der Waals surface area contributed by atoms with E-state index in [2.05, 4.69) is 4.98 Å². The molecule has 0 aliphatic rings. The highest BCUT2D eigenvalue weighted by Gasteiger charge is 2.31. The lowest BCUT2D eigenvalue weighted by Crippen LogP contribution is -2.08. The molecule has 102 valence electrons. The Balaban J connectivity index is 2.55. The highest BCUT2D eigenvalue weighted by Crippen LogP contribution is 2.30. The molecule has 19 heavy (non-hydrogen) atoms. The predicted octanol–water partition coefficient (Wildman–Crippen LogP) is 3.13. The van der Waals surface area contributed by atoms with Gasteiger partial charge in [0.1, 0.15) is 9.35 Å². The number of nitrogens with zero attached hydrogens (tertiary/aromatic N) is 2. The Morgan fingerprint density at radius 1 is 1.47 bits per heavy atom. The van der Waals surface area contributed by atoms with E-state index in [9.17, 15) is 18.0 Å². The van der Waals surface area contributed by atoms with Crippen molar-refractivity contribution in [3.8, 4) is 0 Å². The van der Waals surface area contributed by atoms with Gasteiger partial charge < -0.3 is 4.74 Å². The highest BCUT2D eigenvalue weighted by atomic mass is 127. The molecule has 0 aromatic carbocycles. The summed E-state index contributed by atoms with van der Waals surface area (Å²) in [6.07, 6.45) is -3.53. The van der Waals surface area contributed by atoms with Crippen LogP contribution in [0.25, 0.3) is 5.65 Å². The largest absolute Gasteiger partial charge is 0.461 e. The third-order valence-corrected chi connectivity index (χ3v) is 3.39. The van der Waals surface area contributed by atoms with E-state index >= 15 is 0 Å². The Hall–Kier alpha value is -1.32. The SMILES string of the molecule is CCOC(=O)c1nc2ccc(C(F)(F)F)cn2c1I. The van der Waals surface area contributed by atoms with E-state index in [1.54, 1.807) is 29.5 Å². The molecule has 2 heterocycles. The summed E-state index contributed by atoms with van der Waals surface area (Å²) in [5.74, 6) is -0.649. The maximum Gasteiger partial charge on any atom is 0.417 e. The number of carbonyl (C=O) groups is 1. The standard InChI is InChI=1S/C11H8F3IN2O2/c1-2-19-10(18)8-9(15)17-5-6(11(12,13)14)3-4-7(17)16-8/h3-5H,2H2,1H3. The summed E-state index contributed by atoms with van der Waals surface area (Å²) >= 11 is 1.77. The number of hydrogen-bond acceptors (Lipinski definition) is 3. The molecule has 2 rings (SSSR count). The van der Waals surface area contributed by atoms with Crippen LogP contribution in [0.1, 0.15) is 23.0 Å². The topological polar surface area (TPSA) is 43.6 Å². The Morgan fingerprint density at radius 2 is 2.16 bits per heavy atom. The summed E-state index contributed by atoms with van der Waals surface area (Å²) in [5, 5.41) is 0. The molecule has 0 radical (unpaired) electrons. The van der Waals surface area contributed by atoms with E-state index in [-0.39, 0.29) is 21.6 Å². The average Bonchev–Trinajstić information content (AvgIpc) is 2.66. The molecular weight excluding hydrogens is 376 g/mol. The van der Waals surface area contributed by atoms with Crippen molar-refractivity contribution in [1.29, 1.82) is 0 Å². The number of carbonyl (C=O) groups excluding carboxylic acids is 1. The number of alkyl halides is 3. The van der Waals surface area contributed by atoms with E-state index in [0.29, 0.717) is 0 Å². The van der Waals surface area contributed by atoms with Gasteiger partial charge in [-0.1, -0.05) is 0 Å². The summed E-state index contributed by atoms with van der Waals surface area (Å²) in [5.41, 5.74) is -0.520. The minimum Gasteiger partial charge on any atom is -0.461 e. The normalized spacial score (nSPS) is 11.8. The Labute approximate surface area is 119 Å². The molecule has 0 atom stereocenters. The monoisotopic (exact) mass is 384 g/mol. The lowest BCUT2D eigenvalue weighted by atomic mass is 10.3. The highest BCUT2D eigenvalue weighted by molar-refractivity contribution is 14.1. The summed E-state index contributed by atoms with van der Waals surface area (Å²) in [7, 11) is 0. The lowest BCUT2D eigenvalue weighted by molar-refractivity contribution is -0.137. The molecule has 0 unspecified atom stereocenters. The van der Waals surface area contributed by atoms with Crippen molar-refractivity contribution in [2.75, 3.05) is 6.61 Å². The number of esters is 1. The van der Waals surface area contributed by atoms with Gasteiger partial charge in [0, 0.05) is 6.20 Å². The molecule has 0 N–H and O–H groups in total. The number of imidazole rings is 1. The first-order chi connectivity index (χ1) is 8.84.